The first-order valence-corrected chi connectivity index (χ1v) is 5.74. The van der Waals surface area contributed by atoms with Crippen LogP contribution in [0.3, 0.4) is 0 Å². The number of nitrogens with zero attached hydrogens (tertiary/aromatic N) is 1. The topological polar surface area (TPSA) is 57.6 Å². The molecule has 0 aromatic heterocycles. The second kappa shape index (κ2) is 5.16. The zero-order valence-electron chi connectivity index (χ0n) is 10.2. The molecule has 3 atom stereocenters. The molecule has 0 aromatic rings. The fourth-order valence-corrected chi connectivity index (χ4v) is 2.00. The number of piperidine rings is 1. The van der Waals surface area contributed by atoms with E-state index in [0.717, 1.165) is 11.8 Å². The van der Waals surface area contributed by atoms with Gasteiger partial charge >= 0.3 is 12.1 Å². The van der Waals surface area contributed by atoms with E-state index >= 15 is 0 Å². The quantitative estimate of drug-likeness (QED) is 0.831. The van der Waals surface area contributed by atoms with E-state index in [1.165, 1.54) is 0 Å². The zero-order valence-corrected chi connectivity index (χ0v) is 10.2. The summed E-state index contributed by atoms with van der Waals surface area (Å²) in [7, 11) is 0. The number of carbonyl (C=O) groups excluding carboxylic acids is 1. The highest BCUT2D eigenvalue weighted by atomic mass is 19.4. The third-order valence-corrected chi connectivity index (χ3v) is 3.38. The van der Waals surface area contributed by atoms with E-state index in [1.807, 2.05) is 0 Å². The van der Waals surface area contributed by atoms with Gasteiger partial charge < -0.3 is 10.0 Å². The van der Waals surface area contributed by atoms with E-state index in [0.29, 0.717) is 12.8 Å². The Morgan fingerprint density at radius 3 is 2.33 bits per heavy atom. The van der Waals surface area contributed by atoms with Gasteiger partial charge in [-0.15, -0.1) is 0 Å². The minimum atomic E-state index is -4.59. The molecule has 3 unspecified atom stereocenters. The molecule has 0 aliphatic carbocycles. The summed E-state index contributed by atoms with van der Waals surface area (Å²) < 4.78 is 37.4. The Morgan fingerprint density at radius 1 is 1.33 bits per heavy atom. The molecule has 4 nitrogen and oxygen atoms in total. The van der Waals surface area contributed by atoms with Crippen molar-refractivity contribution in [1.29, 1.82) is 0 Å². The van der Waals surface area contributed by atoms with Gasteiger partial charge in [-0.2, -0.15) is 13.2 Å². The lowest BCUT2D eigenvalue weighted by Crippen LogP contribution is -2.51. The highest BCUT2D eigenvalue weighted by molar-refractivity contribution is 5.80. The molecule has 7 heteroatoms. The molecule has 0 saturated carbocycles. The molecule has 1 rings (SSSR count). The molecule has 1 saturated heterocycles. The Hall–Kier alpha value is -1.27. The molecule has 1 aliphatic heterocycles. The number of aliphatic carboxylic acids is 1. The molecule has 1 heterocycles. The van der Waals surface area contributed by atoms with E-state index in [-0.39, 0.29) is 12.6 Å². The average Bonchev–Trinajstić information content (AvgIpc) is 2.26. The van der Waals surface area contributed by atoms with Gasteiger partial charge in [0.15, 0.2) is 0 Å². The van der Waals surface area contributed by atoms with Gasteiger partial charge in [-0.1, -0.05) is 0 Å². The smallest absolute Gasteiger partial charge is 0.400 e. The van der Waals surface area contributed by atoms with Crippen molar-refractivity contribution in [3.05, 3.63) is 0 Å². The highest BCUT2D eigenvalue weighted by Crippen LogP contribution is 2.30. The SMILES string of the molecule is CC1CCC(C(=O)O)CN1C(=O)C(C)C(F)(F)F. The zero-order chi connectivity index (χ0) is 14.1. The van der Waals surface area contributed by atoms with Crippen LogP contribution >= 0.6 is 0 Å². The predicted molar refractivity (Wildman–Crippen MR) is 56.8 cm³/mol. The van der Waals surface area contributed by atoms with Crippen molar-refractivity contribution in [3.63, 3.8) is 0 Å². The Labute approximate surface area is 103 Å². The maximum Gasteiger partial charge on any atom is 0.400 e. The third kappa shape index (κ3) is 3.14. The van der Waals surface area contributed by atoms with Crippen LogP contribution in [-0.4, -0.2) is 40.6 Å². The standard InChI is InChI=1S/C11H16F3NO3/c1-6-3-4-8(10(17)18)5-15(6)9(16)7(2)11(12,13)14/h6-8H,3-5H2,1-2H3,(H,17,18). The van der Waals surface area contributed by atoms with Crippen LogP contribution < -0.4 is 0 Å². The first kappa shape index (κ1) is 14.8. The van der Waals surface area contributed by atoms with Gasteiger partial charge in [-0.05, 0) is 26.7 Å². The third-order valence-electron chi connectivity index (χ3n) is 3.38. The number of rotatable bonds is 2. The first-order chi connectivity index (χ1) is 8.14. The van der Waals surface area contributed by atoms with Crippen molar-refractivity contribution in [3.8, 4) is 0 Å². The summed E-state index contributed by atoms with van der Waals surface area (Å²) in [5.74, 6) is -4.97. The van der Waals surface area contributed by atoms with Gasteiger partial charge in [-0.3, -0.25) is 9.59 Å². The molecular weight excluding hydrogens is 251 g/mol. The van der Waals surface area contributed by atoms with Crippen molar-refractivity contribution < 1.29 is 27.9 Å². The highest BCUT2D eigenvalue weighted by Gasteiger charge is 2.45. The van der Waals surface area contributed by atoms with E-state index in [2.05, 4.69) is 0 Å². The van der Waals surface area contributed by atoms with Crippen LogP contribution in [0.2, 0.25) is 0 Å². The van der Waals surface area contributed by atoms with Crippen molar-refractivity contribution in [2.24, 2.45) is 11.8 Å². The lowest BCUT2D eigenvalue weighted by atomic mass is 9.92. The van der Waals surface area contributed by atoms with Gasteiger partial charge in [0.25, 0.3) is 0 Å². The van der Waals surface area contributed by atoms with Crippen molar-refractivity contribution >= 4 is 11.9 Å². The Morgan fingerprint density at radius 2 is 1.89 bits per heavy atom. The van der Waals surface area contributed by atoms with Crippen LogP contribution in [0.15, 0.2) is 0 Å². The van der Waals surface area contributed by atoms with Crippen molar-refractivity contribution in [2.75, 3.05) is 6.54 Å². The predicted octanol–water partition coefficient (Wildman–Crippen LogP) is 1.90. The van der Waals surface area contributed by atoms with Gasteiger partial charge in [0.2, 0.25) is 5.91 Å². The molecule has 1 amide bonds. The number of amides is 1. The summed E-state index contributed by atoms with van der Waals surface area (Å²) in [6.07, 6.45) is -3.79. The van der Waals surface area contributed by atoms with Crippen molar-refractivity contribution in [1.82, 2.24) is 4.90 Å². The number of carboxylic acids is 1. The monoisotopic (exact) mass is 267 g/mol. The molecular formula is C11H16F3NO3. The largest absolute Gasteiger partial charge is 0.481 e. The molecule has 0 bridgehead atoms. The molecule has 0 aromatic carbocycles. The fraction of sp³-hybridized carbons (Fsp3) is 0.818. The second-order valence-corrected chi connectivity index (χ2v) is 4.72. The van der Waals surface area contributed by atoms with Gasteiger partial charge in [0.1, 0.15) is 5.92 Å². The first-order valence-electron chi connectivity index (χ1n) is 5.74. The van der Waals surface area contributed by atoms with Gasteiger partial charge in [0.05, 0.1) is 5.92 Å². The summed E-state index contributed by atoms with van der Waals surface area (Å²) >= 11 is 0. The Bertz CT molecular complexity index is 343. The molecule has 0 radical (unpaired) electrons. The maximum atomic E-state index is 12.5. The Kier molecular flexibility index (Phi) is 4.24. The van der Waals surface area contributed by atoms with Crippen LogP contribution in [0.1, 0.15) is 26.7 Å². The molecule has 104 valence electrons. The molecule has 1 fully saturated rings. The van der Waals surface area contributed by atoms with E-state index in [1.54, 1.807) is 6.92 Å². The number of carboxylic acid groups (broad SMARTS) is 1. The van der Waals surface area contributed by atoms with E-state index < -0.39 is 29.9 Å². The number of halogens is 3. The summed E-state index contributed by atoms with van der Waals surface area (Å²) in [6, 6.07) is -0.349. The fourth-order valence-electron chi connectivity index (χ4n) is 2.00. The summed E-state index contributed by atoms with van der Waals surface area (Å²) in [5, 5.41) is 8.86. The summed E-state index contributed by atoms with van der Waals surface area (Å²) in [4.78, 5) is 23.6. The normalized spacial score (nSPS) is 26.8. The van der Waals surface area contributed by atoms with E-state index in [4.69, 9.17) is 5.11 Å². The molecule has 1 aliphatic rings. The number of carbonyl (C=O) groups is 2. The number of likely N-dealkylation sites (tertiary alicyclic amines) is 1. The van der Waals surface area contributed by atoms with Crippen LogP contribution in [0.4, 0.5) is 13.2 Å². The minimum absolute atomic E-state index is 0.143. The summed E-state index contributed by atoms with van der Waals surface area (Å²) in [6.45, 7) is 2.30. The molecule has 18 heavy (non-hydrogen) atoms. The van der Waals surface area contributed by atoms with Crippen LogP contribution in [0.5, 0.6) is 0 Å². The van der Waals surface area contributed by atoms with Gasteiger partial charge in [0, 0.05) is 12.6 Å². The van der Waals surface area contributed by atoms with Gasteiger partial charge in [-0.25, -0.2) is 0 Å². The lowest BCUT2D eigenvalue weighted by molar-refractivity contribution is -0.188. The van der Waals surface area contributed by atoms with Crippen molar-refractivity contribution in [2.45, 2.75) is 38.9 Å². The van der Waals surface area contributed by atoms with Crippen LogP contribution in [0, 0.1) is 11.8 Å². The van der Waals surface area contributed by atoms with E-state index in [9.17, 15) is 22.8 Å². The average molecular weight is 267 g/mol. The molecule has 0 spiro atoms. The number of hydrogen-bond acceptors (Lipinski definition) is 2. The number of hydrogen-bond donors (Lipinski definition) is 1. The number of alkyl halides is 3. The Balaban J connectivity index is 2.80. The minimum Gasteiger partial charge on any atom is -0.481 e. The van der Waals surface area contributed by atoms with Crippen LogP contribution in [0.25, 0.3) is 0 Å². The van der Waals surface area contributed by atoms with Crippen LogP contribution in [-0.2, 0) is 9.59 Å². The second-order valence-electron chi connectivity index (χ2n) is 4.72. The summed E-state index contributed by atoms with van der Waals surface area (Å²) in [5.41, 5.74) is 0. The maximum absolute atomic E-state index is 12.5. The molecule has 1 N–H and O–H groups in total. The lowest BCUT2D eigenvalue weighted by Gasteiger charge is -2.38.